The average Bonchev–Trinajstić information content (AvgIpc) is 3.19. The van der Waals surface area contributed by atoms with Crippen LogP contribution in [0, 0.1) is 6.92 Å². The zero-order chi connectivity index (χ0) is 18.8. The molecule has 0 aliphatic carbocycles. The first-order valence-corrected chi connectivity index (χ1v) is 10.1. The van der Waals surface area contributed by atoms with Gasteiger partial charge in [-0.3, -0.25) is 14.8 Å². The van der Waals surface area contributed by atoms with Crippen molar-refractivity contribution in [3.05, 3.63) is 24.0 Å². The Kier molecular flexibility index (Phi) is 5.41. The van der Waals surface area contributed by atoms with Gasteiger partial charge in [-0.2, -0.15) is 0 Å². The highest BCUT2D eigenvalue weighted by atomic mass is 16.4. The van der Waals surface area contributed by atoms with Crippen LogP contribution in [0.5, 0.6) is 0 Å². The largest absolute Gasteiger partial charge is 0.403 e. The summed E-state index contributed by atoms with van der Waals surface area (Å²) in [5.74, 6) is 0.546. The second kappa shape index (κ2) is 7.94. The lowest BCUT2D eigenvalue weighted by atomic mass is 10.0. The van der Waals surface area contributed by atoms with E-state index in [-0.39, 0.29) is 0 Å². The summed E-state index contributed by atoms with van der Waals surface area (Å²) in [6.07, 6.45) is 4.10. The Labute approximate surface area is 161 Å². The maximum Gasteiger partial charge on any atom is 0.318 e. The fraction of sp³-hybridized carbons (Fsp3) is 0.650. The molecule has 4 rings (SSSR count). The van der Waals surface area contributed by atoms with Crippen LogP contribution in [0.15, 0.2) is 22.7 Å². The molecule has 4 heterocycles. The SMILES string of the molecule is Cc1ccc(-c2nnc(N3CCC(N4CCN(C(C)C)CC4)CC3)o2)cn1. The van der Waals surface area contributed by atoms with Crippen molar-refractivity contribution < 1.29 is 4.42 Å². The van der Waals surface area contributed by atoms with Gasteiger partial charge in [0.2, 0.25) is 0 Å². The average molecular weight is 371 g/mol. The lowest BCUT2D eigenvalue weighted by molar-refractivity contribution is 0.0689. The molecular formula is C20H30N6O. The van der Waals surface area contributed by atoms with Gasteiger partial charge in [0.05, 0.1) is 5.56 Å². The molecule has 2 fully saturated rings. The van der Waals surface area contributed by atoms with E-state index in [0.717, 1.165) is 37.2 Å². The minimum Gasteiger partial charge on any atom is -0.403 e. The van der Waals surface area contributed by atoms with E-state index >= 15 is 0 Å². The van der Waals surface area contributed by atoms with E-state index in [1.54, 1.807) is 6.20 Å². The molecule has 0 aromatic carbocycles. The fourth-order valence-electron chi connectivity index (χ4n) is 4.10. The lowest BCUT2D eigenvalue weighted by Gasteiger charge is -2.43. The van der Waals surface area contributed by atoms with Gasteiger partial charge in [-0.25, -0.2) is 0 Å². The van der Waals surface area contributed by atoms with Crippen molar-refractivity contribution in [3.63, 3.8) is 0 Å². The van der Waals surface area contributed by atoms with Crippen molar-refractivity contribution in [2.75, 3.05) is 44.2 Å². The third-order valence-corrected chi connectivity index (χ3v) is 5.90. The lowest BCUT2D eigenvalue weighted by Crippen LogP contribution is -2.54. The number of rotatable bonds is 4. The summed E-state index contributed by atoms with van der Waals surface area (Å²) >= 11 is 0. The number of anilines is 1. The van der Waals surface area contributed by atoms with Crippen molar-refractivity contribution in [2.45, 2.75) is 45.7 Å². The van der Waals surface area contributed by atoms with E-state index in [2.05, 4.69) is 43.7 Å². The Morgan fingerprint density at radius 2 is 1.74 bits per heavy atom. The first kappa shape index (κ1) is 18.4. The van der Waals surface area contributed by atoms with Gasteiger partial charge in [-0.15, -0.1) is 5.10 Å². The Hall–Kier alpha value is -1.99. The van der Waals surface area contributed by atoms with Gasteiger partial charge in [0.25, 0.3) is 5.89 Å². The monoisotopic (exact) mass is 370 g/mol. The molecule has 0 N–H and O–H groups in total. The van der Waals surface area contributed by atoms with Crippen LogP contribution in [0.2, 0.25) is 0 Å². The quantitative estimate of drug-likeness (QED) is 0.819. The minimum atomic E-state index is 0.546. The molecule has 0 atom stereocenters. The van der Waals surface area contributed by atoms with Crippen molar-refractivity contribution in [1.82, 2.24) is 25.0 Å². The van der Waals surface area contributed by atoms with E-state index in [0.29, 0.717) is 24.0 Å². The highest BCUT2D eigenvalue weighted by molar-refractivity contribution is 5.52. The first-order valence-electron chi connectivity index (χ1n) is 10.1. The van der Waals surface area contributed by atoms with E-state index < -0.39 is 0 Å². The maximum absolute atomic E-state index is 5.91. The van der Waals surface area contributed by atoms with E-state index in [9.17, 15) is 0 Å². The zero-order valence-electron chi connectivity index (χ0n) is 16.6. The van der Waals surface area contributed by atoms with Crippen LogP contribution in [-0.2, 0) is 0 Å². The Morgan fingerprint density at radius 3 is 2.37 bits per heavy atom. The summed E-state index contributed by atoms with van der Waals surface area (Å²) in [5.41, 5.74) is 1.85. The summed E-state index contributed by atoms with van der Waals surface area (Å²) in [6, 6.07) is 5.91. The van der Waals surface area contributed by atoms with Crippen LogP contribution >= 0.6 is 0 Å². The van der Waals surface area contributed by atoms with Crippen LogP contribution < -0.4 is 4.90 Å². The summed E-state index contributed by atoms with van der Waals surface area (Å²) in [6.45, 7) is 13.3. The Morgan fingerprint density at radius 1 is 1.00 bits per heavy atom. The van der Waals surface area contributed by atoms with Crippen LogP contribution in [-0.4, -0.2) is 76.3 Å². The molecule has 2 aromatic rings. The van der Waals surface area contributed by atoms with Gasteiger partial charge in [0.1, 0.15) is 0 Å². The number of piperidine rings is 1. The molecule has 0 amide bonds. The Bertz CT molecular complexity index is 727. The van der Waals surface area contributed by atoms with E-state index in [1.165, 1.54) is 26.2 Å². The number of nitrogens with zero attached hydrogens (tertiary/aromatic N) is 6. The molecule has 7 heteroatoms. The second-order valence-electron chi connectivity index (χ2n) is 7.96. The topological polar surface area (TPSA) is 61.5 Å². The van der Waals surface area contributed by atoms with Gasteiger partial charge in [0, 0.05) is 63.2 Å². The van der Waals surface area contributed by atoms with Crippen molar-refractivity contribution in [3.8, 4) is 11.5 Å². The smallest absolute Gasteiger partial charge is 0.318 e. The summed E-state index contributed by atoms with van der Waals surface area (Å²) in [5, 5.41) is 8.48. The van der Waals surface area contributed by atoms with Crippen molar-refractivity contribution in [2.24, 2.45) is 0 Å². The standard InChI is InChI=1S/C20H30N6O/c1-15(2)24-10-12-25(13-11-24)18-6-8-26(9-7-18)20-23-22-19(27-20)17-5-4-16(3)21-14-17/h4-5,14-15,18H,6-13H2,1-3H3. The van der Waals surface area contributed by atoms with Crippen LogP contribution in [0.4, 0.5) is 6.01 Å². The normalized spacial score (nSPS) is 20.5. The van der Waals surface area contributed by atoms with Crippen LogP contribution in [0.1, 0.15) is 32.4 Å². The van der Waals surface area contributed by atoms with Gasteiger partial charge >= 0.3 is 6.01 Å². The predicted octanol–water partition coefficient (Wildman–Crippen LogP) is 2.43. The summed E-state index contributed by atoms with van der Waals surface area (Å²) < 4.78 is 5.91. The molecule has 2 saturated heterocycles. The number of aryl methyl sites for hydroxylation is 1. The minimum absolute atomic E-state index is 0.546. The summed E-state index contributed by atoms with van der Waals surface area (Å²) in [4.78, 5) is 11.8. The molecule has 2 aliphatic heterocycles. The van der Waals surface area contributed by atoms with E-state index in [4.69, 9.17) is 4.42 Å². The molecule has 2 aromatic heterocycles. The Balaban J connectivity index is 1.31. The molecule has 2 aliphatic rings. The third-order valence-electron chi connectivity index (χ3n) is 5.90. The fourth-order valence-corrected chi connectivity index (χ4v) is 4.10. The molecule has 0 saturated carbocycles. The van der Waals surface area contributed by atoms with Gasteiger partial charge in [0.15, 0.2) is 0 Å². The van der Waals surface area contributed by atoms with Crippen LogP contribution in [0.3, 0.4) is 0 Å². The highest BCUT2D eigenvalue weighted by Gasteiger charge is 2.29. The molecular weight excluding hydrogens is 340 g/mol. The number of hydrogen-bond acceptors (Lipinski definition) is 7. The van der Waals surface area contributed by atoms with Gasteiger partial charge in [-0.05, 0) is 45.7 Å². The number of pyridine rings is 1. The number of aromatic nitrogens is 3. The molecule has 27 heavy (non-hydrogen) atoms. The third kappa shape index (κ3) is 4.14. The second-order valence-corrected chi connectivity index (χ2v) is 7.96. The van der Waals surface area contributed by atoms with Gasteiger partial charge < -0.3 is 9.32 Å². The van der Waals surface area contributed by atoms with Crippen molar-refractivity contribution >= 4 is 6.01 Å². The zero-order valence-corrected chi connectivity index (χ0v) is 16.6. The molecule has 0 radical (unpaired) electrons. The summed E-state index contributed by atoms with van der Waals surface area (Å²) in [7, 11) is 0. The predicted molar refractivity (Wildman–Crippen MR) is 106 cm³/mol. The van der Waals surface area contributed by atoms with Crippen LogP contribution in [0.25, 0.3) is 11.5 Å². The highest BCUT2D eigenvalue weighted by Crippen LogP contribution is 2.25. The number of hydrogen-bond donors (Lipinski definition) is 0. The molecule has 0 bridgehead atoms. The van der Waals surface area contributed by atoms with Gasteiger partial charge in [-0.1, -0.05) is 5.10 Å². The van der Waals surface area contributed by atoms with Crippen molar-refractivity contribution in [1.29, 1.82) is 0 Å². The first-order chi connectivity index (χ1) is 13.1. The van der Waals surface area contributed by atoms with E-state index in [1.807, 2.05) is 19.1 Å². The number of piperazine rings is 1. The molecule has 7 nitrogen and oxygen atoms in total. The molecule has 146 valence electrons. The maximum atomic E-state index is 5.91. The molecule has 0 spiro atoms. The molecule has 0 unspecified atom stereocenters.